The van der Waals surface area contributed by atoms with Gasteiger partial charge in [0.05, 0.1) is 12.1 Å². The van der Waals surface area contributed by atoms with Gasteiger partial charge in [-0.3, -0.25) is 9.59 Å². The molecule has 6 nitrogen and oxygen atoms in total. The molecule has 1 aliphatic rings. The van der Waals surface area contributed by atoms with Crippen molar-refractivity contribution < 1.29 is 28.6 Å². The molecule has 0 aromatic heterocycles. The molecule has 0 spiro atoms. The zero-order valence-electron chi connectivity index (χ0n) is 21.2. The number of nitrogens with one attached hydrogen (secondary N) is 2. The number of carbonyl (C=O) groups is 2. The lowest BCUT2D eigenvalue weighted by Crippen LogP contribution is -2.35. The van der Waals surface area contributed by atoms with E-state index in [0.717, 1.165) is 89.9 Å². The van der Waals surface area contributed by atoms with E-state index in [1.807, 2.05) is 0 Å². The Hall–Kier alpha value is -1.80. The van der Waals surface area contributed by atoms with Crippen LogP contribution in [-0.2, 0) is 9.59 Å². The molecule has 1 aliphatic carbocycles. The van der Waals surface area contributed by atoms with E-state index in [1.165, 1.54) is 12.2 Å². The topological polar surface area (TPSA) is 98.7 Å². The van der Waals surface area contributed by atoms with Crippen molar-refractivity contribution in [1.82, 2.24) is 10.6 Å². The Morgan fingerprint density at radius 2 is 0.914 bits per heavy atom. The first-order valence-corrected chi connectivity index (χ1v) is 13.5. The smallest absolute Gasteiger partial charge is 0.279 e. The molecule has 0 aliphatic heterocycles. The van der Waals surface area contributed by atoms with E-state index in [1.54, 1.807) is 0 Å². The number of allylic oxidation sites excluding steroid dienone is 2. The fourth-order valence-electron chi connectivity index (χ4n) is 3.91. The Kier molecular flexibility index (Phi) is 18.2. The second-order valence-electron chi connectivity index (χ2n) is 9.47. The van der Waals surface area contributed by atoms with Crippen molar-refractivity contribution in [3.8, 4) is 0 Å². The molecule has 8 heteroatoms. The van der Waals surface area contributed by atoms with Crippen molar-refractivity contribution in [3.05, 3.63) is 23.8 Å². The highest BCUT2D eigenvalue weighted by atomic mass is 19.1. The maximum atomic E-state index is 14.0. The van der Waals surface area contributed by atoms with Gasteiger partial charge < -0.3 is 20.8 Å². The first-order valence-electron chi connectivity index (χ1n) is 13.5. The minimum absolute atomic E-state index is 0.239. The Labute approximate surface area is 209 Å². The fourth-order valence-corrected chi connectivity index (χ4v) is 3.91. The van der Waals surface area contributed by atoms with Crippen LogP contribution in [0.5, 0.6) is 0 Å². The first kappa shape index (κ1) is 31.2. The summed E-state index contributed by atoms with van der Waals surface area (Å²) in [6.07, 6.45) is 17.9. The summed E-state index contributed by atoms with van der Waals surface area (Å²) in [5, 5.41) is 22.5. The van der Waals surface area contributed by atoms with E-state index in [2.05, 4.69) is 10.6 Å². The van der Waals surface area contributed by atoms with Crippen molar-refractivity contribution in [2.45, 2.75) is 121 Å². The number of hydrogen-bond acceptors (Lipinski definition) is 4. The Balaban J connectivity index is 2.10. The van der Waals surface area contributed by atoms with Crippen molar-refractivity contribution in [3.63, 3.8) is 0 Å². The van der Waals surface area contributed by atoms with E-state index in [-0.39, 0.29) is 25.3 Å². The second kappa shape index (κ2) is 20.4. The highest BCUT2D eigenvalue weighted by Gasteiger charge is 2.40. The minimum atomic E-state index is -0.815. The molecule has 2 atom stereocenters. The molecule has 0 heterocycles. The molecule has 1 fully saturated rings. The summed E-state index contributed by atoms with van der Waals surface area (Å²) in [5.74, 6) is -3.21. The third kappa shape index (κ3) is 16.5. The quantitative estimate of drug-likeness (QED) is 0.120. The third-order valence-electron chi connectivity index (χ3n) is 6.23. The number of aliphatic hydroxyl groups excluding tert-OH is 2. The van der Waals surface area contributed by atoms with Crippen LogP contribution in [-0.4, -0.2) is 47.3 Å². The maximum Gasteiger partial charge on any atom is 0.279 e. The molecule has 1 rings (SSSR count). The van der Waals surface area contributed by atoms with Crippen LogP contribution in [0.3, 0.4) is 0 Å². The largest absolute Gasteiger partial charge is 0.396 e. The highest BCUT2D eigenvalue weighted by Crippen LogP contribution is 2.23. The van der Waals surface area contributed by atoms with Gasteiger partial charge in [0, 0.05) is 13.2 Å². The Bertz CT molecular complexity index is 601. The summed E-state index contributed by atoms with van der Waals surface area (Å²) >= 11 is 0. The van der Waals surface area contributed by atoms with Gasteiger partial charge in [0.1, 0.15) is 0 Å². The molecule has 0 radical (unpaired) electrons. The summed E-state index contributed by atoms with van der Waals surface area (Å²) in [5.41, 5.74) is 0. The van der Waals surface area contributed by atoms with Gasteiger partial charge in [0.2, 0.25) is 0 Å². The molecule has 0 bridgehead atoms. The van der Waals surface area contributed by atoms with Gasteiger partial charge in [-0.2, -0.15) is 0 Å². The molecule has 0 aromatic rings. The average molecular weight is 501 g/mol. The number of amides is 2. The standard InChI is InChI=1S/C27H46F2N2O4/c28-22(17-13-9-5-1-3-7-11-15-19-32)26(34)30-24-21-25(24)31-27(35)23(29)18-14-10-6-2-4-8-12-16-20-33/h17-18,24-25,32-33H,1-16,19-21H2,(H,30,34)(H,31,35). The van der Waals surface area contributed by atoms with Crippen LogP contribution in [0, 0.1) is 0 Å². The molecule has 1 saturated carbocycles. The molecule has 4 N–H and O–H groups in total. The molecule has 0 saturated heterocycles. The summed E-state index contributed by atoms with van der Waals surface area (Å²) in [4.78, 5) is 23.9. The SMILES string of the molecule is O=C(NC1CC1NC(=O)C(F)=CCCCCCCCCCO)C(F)=CCCCCCCCCCO. The zero-order chi connectivity index (χ0) is 25.7. The summed E-state index contributed by atoms with van der Waals surface area (Å²) < 4.78 is 28.0. The number of halogens is 2. The van der Waals surface area contributed by atoms with Crippen LogP contribution < -0.4 is 10.6 Å². The molecule has 35 heavy (non-hydrogen) atoms. The molecular weight excluding hydrogens is 454 g/mol. The monoisotopic (exact) mass is 500 g/mol. The molecular formula is C27H46F2N2O4. The lowest BCUT2D eigenvalue weighted by Gasteiger charge is -2.05. The van der Waals surface area contributed by atoms with Gasteiger partial charge in [-0.1, -0.05) is 64.2 Å². The van der Waals surface area contributed by atoms with Gasteiger partial charge in [-0.25, -0.2) is 8.78 Å². The van der Waals surface area contributed by atoms with Gasteiger partial charge in [-0.15, -0.1) is 0 Å². The Morgan fingerprint density at radius 3 is 1.26 bits per heavy atom. The van der Waals surface area contributed by atoms with E-state index >= 15 is 0 Å². The highest BCUT2D eigenvalue weighted by molar-refractivity contribution is 5.93. The summed E-state index contributed by atoms with van der Waals surface area (Å²) in [7, 11) is 0. The van der Waals surface area contributed by atoms with Crippen LogP contribution in [0.25, 0.3) is 0 Å². The molecule has 0 aromatic carbocycles. The molecule has 202 valence electrons. The number of carbonyl (C=O) groups excluding carboxylic acids is 2. The average Bonchev–Trinajstić information content (AvgIpc) is 3.58. The van der Waals surface area contributed by atoms with Crippen LogP contribution >= 0.6 is 0 Å². The van der Waals surface area contributed by atoms with Crippen LogP contribution in [0.2, 0.25) is 0 Å². The van der Waals surface area contributed by atoms with Gasteiger partial charge in [-0.05, 0) is 57.1 Å². The van der Waals surface area contributed by atoms with Crippen molar-refractivity contribution in [2.75, 3.05) is 13.2 Å². The molecule has 2 amide bonds. The van der Waals surface area contributed by atoms with Crippen LogP contribution in [0.15, 0.2) is 23.8 Å². The minimum Gasteiger partial charge on any atom is -0.396 e. The number of unbranched alkanes of at least 4 members (excludes halogenated alkanes) is 14. The van der Waals surface area contributed by atoms with E-state index in [0.29, 0.717) is 19.3 Å². The summed E-state index contributed by atoms with van der Waals surface area (Å²) in [6.45, 7) is 0.477. The van der Waals surface area contributed by atoms with Crippen molar-refractivity contribution in [2.24, 2.45) is 0 Å². The van der Waals surface area contributed by atoms with Gasteiger partial charge in [0.15, 0.2) is 11.7 Å². The van der Waals surface area contributed by atoms with Gasteiger partial charge in [0.25, 0.3) is 11.8 Å². The van der Waals surface area contributed by atoms with Crippen LogP contribution in [0.1, 0.15) is 109 Å². The normalized spacial score (nSPS) is 17.9. The van der Waals surface area contributed by atoms with E-state index in [4.69, 9.17) is 10.2 Å². The number of rotatable bonds is 22. The Morgan fingerprint density at radius 1 is 0.600 bits per heavy atom. The molecule has 2 unspecified atom stereocenters. The van der Waals surface area contributed by atoms with Crippen LogP contribution in [0.4, 0.5) is 8.78 Å². The predicted octanol–water partition coefficient (Wildman–Crippen LogP) is 5.29. The van der Waals surface area contributed by atoms with Gasteiger partial charge >= 0.3 is 0 Å². The number of hydrogen-bond donors (Lipinski definition) is 4. The van der Waals surface area contributed by atoms with Crippen molar-refractivity contribution >= 4 is 11.8 Å². The van der Waals surface area contributed by atoms with E-state index in [9.17, 15) is 18.4 Å². The number of aliphatic hydroxyl groups is 2. The maximum absolute atomic E-state index is 14.0. The first-order chi connectivity index (χ1) is 17.0. The fraction of sp³-hybridized carbons (Fsp3) is 0.778. The van der Waals surface area contributed by atoms with E-state index < -0.39 is 23.5 Å². The third-order valence-corrected chi connectivity index (χ3v) is 6.23. The predicted molar refractivity (Wildman–Crippen MR) is 135 cm³/mol. The zero-order valence-corrected chi connectivity index (χ0v) is 21.2. The lowest BCUT2D eigenvalue weighted by atomic mass is 10.1. The second-order valence-corrected chi connectivity index (χ2v) is 9.47. The lowest BCUT2D eigenvalue weighted by molar-refractivity contribution is -0.120. The van der Waals surface area contributed by atoms with Crippen molar-refractivity contribution in [1.29, 1.82) is 0 Å². The summed E-state index contributed by atoms with van der Waals surface area (Å²) in [6, 6.07) is -0.744.